The van der Waals surface area contributed by atoms with Crippen molar-refractivity contribution in [2.75, 3.05) is 0 Å². The Morgan fingerprint density at radius 2 is 2.16 bits per heavy atom. The number of thioether (sulfide) groups is 1. The van der Waals surface area contributed by atoms with E-state index in [0.717, 1.165) is 6.42 Å². The van der Waals surface area contributed by atoms with Crippen molar-refractivity contribution >= 4 is 39.9 Å². The van der Waals surface area contributed by atoms with E-state index in [0.29, 0.717) is 10.8 Å². The van der Waals surface area contributed by atoms with Crippen LogP contribution < -0.4 is 10.6 Å². The maximum absolute atomic E-state index is 11.6. The van der Waals surface area contributed by atoms with E-state index in [1.54, 1.807) is 24.2 Å². The van der Waals surface area contributed by atoms with Crippen LogP contribution in [0.3, 0.4) is 0 Å². The SMILES string of the molecule is O=C1NC(=S)N/C1=C/C1CC=C(c2ccncc2)S1. The van der Waals surface area contributed by atoms with Crippen LogP contribution >= 0.6 is 24.0 Å². The molecule has 2 N–H and O–H groups in total. The van der Waals surface area contributed by atoms with Crippen LogP contribution in [0.5, 0.6) is 0 Å². The van der Waals surface area contributed by atoms with Gasteiger partial charge in [-0.05, 0) is 42.4 Å². The maximum atomic E-state index is 11.6. The fraction of sp³-hybridized carbons (Fsp3) is 0.154. The first-order chi connectivity index (χ1) is 9.22. The van der Waals surface area contributed by atoms with Gasteiger partial charge >= 0.3 is 0 Å². The van der Waals surface area contributed by atoms with Gasteiger partial charge in [0.25, 0.3) is 5.91 Å². The van der Waals surface area contributed by atoms with E-state index in [2.05, 4.69) is 21.7 Å². The van der Waals surface area contributed by atoms with E-state index < -0.39 is 0 Å². The van der Waals surface area contributed by atoms with Crippen LogP contribution in [0, 0.1) is 0 Å². The molecule has 6 heteroatoms. The van der Waals surface area contributed by atoms with Crippen LogP contribution in [-0.2, 0) is 4.79 Å². The van der Waals surface area contributed by atoms with Gasteiger partial charge in [-0.3, -0.25) is 15.1 Å². The maximum Gasteiger partial charge on any atom is 0.273 e. The average Bonchev–Trinajstić information content (AvgIpc) is 2.99. The number of hydrogen-bond donors (Lipinski definition) is 2. The smallest absolute Gasteiger partial charge is 0.273 e. The van der Waals surface area contributed by atoms with Crippen LogP contribution in [0.15, 0.2) is 42.4 Å². The first-order valence-electron chi connectivity index (χ1n) is 5.84. The average molecular weight is 289 g/mol. The van der Waals surface area contributed by atoms with Crippen molar-refractivity contribution in [2.24, 2.45) is 0 Å². The summed E-state index contributed by atoms with van der Waals surface area (Å²) < 4.78 is 0. The van der Waals surface area contributed by atoms with Crippen molar-refractivity contribution in [2.45, 2.75) is 11.7 Å². The fourth-order valence-electron chi connectivity index (χ4n) is 1.97. The first kappa shape index (κ1) is 12.4. The molecule has 0 saturated carbocycles. The highest BCUT2D eigenvalue weighted by Crippen LogP contribution is 2.39. The molecule has 1 fully saturated rings. The zero-order chi connectivity index (χ0) is 13.2. The normalized spacial score (nSPS) is 24.3. The van der Waals surface area contributed by atoms with Gasteiger partial charge < -0.3 is 5.32 Å². The highest BCUT2D eigenvalue weighted by Gasteiger charge is 2.24. The van der Waals surface area contributed by atoms with Gasteiger partial charge in [-0.2, -0.15) is 0 Å². The van der Waals surface area contributed by atoms with Gasteiger partial charge in [0.2, 0.25) is 0 Å². The Bertz CT molecular complexity index is 595. The fourth-order valence-corrected chi connectivity index (χ4v) is 3.36. The number of aromatic nitrogens is 1. The van der Waals surface area contributed by atoms with Crippen LogP contribution in [0.4, 0.5) is 0 Å². The summed E-state index contributed by atoms with van der Waals surface area (Å²) in [5, 5.41) is 6.07. The minimum Gasteiger partial charge on any atom is -0.328 e. The molecule has 1 amide bonds. The molecule has 0 aliphatic carbocycles. The molecule has 0 spiro atoms. The van der Waals surface area contributed by atoms with E-state index in [1.807, 2.05) is 18.2 Å². The predicted molar refractivity (Wildman–Crippen MR) is 80.2 cm³/mol. The number of amides is 1. The number of nitrogens with one attached hydrogen (secondary N) is 2. The largest absolute Gasteiger partial charge is 0.328 e. The van der Waals surface area contributed by atoms with Crippen LogP contribution in [0.2, 0.25) is 0 Å². The van der Waals surface area contributed by atoms with E-state index >= 15 is 0 Å². The number of hydrogen-bond acceptors (Lipinski definition) is 4. The van der Waals surface area contributed by atoms with Gasteiger partial charge in [0, 0.05) is 22.5 Å². The lowest BCUT2D eigenvalue weighted by Crippen LogP contribution is -2.21. The zero-order valence-electron chi connectivity index (χ0n) is 9.92. The number of nitrogens with zero attached hydrogens (tertiary/aromatic N) is 1. The highest BCUT2D eigenvalue weighted by molar-refractivity contribution is 8.09. The van der Waals surface area contributed by atoms with E-state index in [1.165, 1.54) is 10.5 Å². The van der Waals surface area contributed by atoms with Crippen LogP contribution in [-0.4, -0.2) is 21.3 Å². The van der Waals surface area contributed by atoms with E-state index in [-0.39, 0.29) is 11.2 Å². The summed E-state index contributed by atoms with van der Waals surface area (Å²) in [5.74, 6) is -0.150. The lowest BCUT2D eigenvalue weighted by molar-refractivity contribution is -0.115. The predicted octanol–water partition coefficient (Wildman–Crippen LogP) is 1.82. The summed E-state index contributed by atoms with van der Waals surface area (Å²) in [6.45, 7) is 0. The minimum atomic E-state index is -0.150. The molecule has 96 valence electrons. The standard InChI is InChI=1S/C13H11N3OS2/c17-12-10(15-13(18)16-12)7-9-1-2-11(19-9)8-3-5-14-6-4-8/h2-7,9H,1H2,(H2,15,16,17,18)/b10-7+. The molecule has 1 aromatic heterocycles. The molecule has 0 bridgehead atoms. The Morgan fingerprint density at radius 3 is 2.84 bits per heavy atom. The second kappa shape index (κ2) is 5.14. The van der Waals surface area contributed by atoms with Crippen molar-refractivity contribution in [3.8, 4) is 0 Å². The molecule has 4 nitrogen and oxygen atoms in total. The summed E-state index contributed by atoms with van der Waals surface area (Å²) in [7, 11) is 0. The zero-order valence-corrected chi connectivity index (χ0v) is 11.6. The van der Waals surface area contributed by atoms with Gasteiger partial charge in [0.15, 0.2) is 5.11 Å². The molecule has 1 saturated heterocycles. The van der Waals surface area contributed by atoms with Gasteiger partial charge in [-0.25, -0.2) is 0 Å². The van der Waals surface area contributed by atoms with Crippen molar-refractivity contribution in [3.05, 3.63) is 47.9 Å². The van der Waals surface area contributed by atoms with Gasteiger partial charge in [0.05, 0.1) is 0 Å². The second-order valence-corrected chi connectivity index (χ2v) is 5.87. The monoisotopic (exact) mass is 289 g/mol. The molecule has 2 aliphatic rings. The molecular weight excluding hydrogens is 278 g/mol. The second-order valence-electron chi connectivity index (χ2n) is 4.18. The Kier molecular flexibility index (Phi) is 3.35. The van der Waals surface area contributed by atoms with Crippen LogP contribution in [0.1, 0.15) is 12.0 Å². The summed E-state index contributed by atoms with van der Waals surface area (Å²) in [4.78, 5) is 16.8. The Hall–Kier alpha value is -1.66. The van der Waals surface area contributed by atoms with Crippen molar-refractivity contribution in [1.82, 2.24) is 15.6 Å². The number of carbonyl (C=O) groups is 1. The number of thiocarbonyl (C=S) groups is 1. The molecule has 1 unspecified atom stereocenters. The molecule has 3 heterocycles. The van der Waals surface area contributed by atoms with Crippen molar-refractivity contribution in [1.29, 1.82) is 0 Å². The lowest BCUT2D eigenvalue weighted by Gasteiger charge is -2.06. The molecule has 0 radical (unpaired) electrons. The summed E-state index contributed by atoms with van der Waals surface area (Å²) in [6, 6.07) is 3.98. The lowest BCUT2D eigenvalue weighted by atomic mass is 10.2. The molecule has 1 aromatic rings. The first-order valence-corrected chi connectivity index (χ1v) is 7.12. The molecule has 3 rings (SSSR count). The topological polar surface area (TPSA) is 54.0 Å². The van der Waals surface area contributed by atoms with E-state index in [9.17, 15) is 4.79 Å². The molecule has 2 aliphatic heterocycles. The van der Waals surface area contributed by atoms with Gasteiger partial charge in [-0.15, -0.1) is 11.8 Å². The number of allylic oxidation sites excluding steroid dienone is 1. The third kappa shape index (κ3) is 2.69. The molecule has 19 heavy (non-hydrogen) atoms. The van der Waals surface area contributed by atoms with Gasteiger partial charge in [0.1, 0.15) is 5.70 Å². The summed E-state index contributed by atoms with van der Waals surface area (Å²) in [6.07, 6.45) is 8.60. The van der Waals surface area contributed by atoms with E-state index in [4.69, 9.17) is 12.2 Å². The van der Waals surface area contributed by atoms with Crippen molar-refractivity contribution in [3.63, 3.8) is 0 Å². The summed E-state index contributed by atoms with van der Waals surface area (Å²) >= 11 is 6.65. The highest BCUT2D eigenvalue weighted by atomic mass is 32.2. The molecular formula is C13H11N3OS2. The number of pyridine rings is 1. The Morgan fingerprint density at radius 1 is 1.37 bits per heavy atom. The molecule has 1 atom stereocenters. The van der Waals surface area contributed by atoms with Crippen molar-refractivity contribution < 1.29 is 4.79 Å². The third-order valence-electron chi connectivity index (χ3n) is 2.85. The number of rotatable bonds is 2. The third-order valence-corrected chi connectivity index (χ3v) is 4.34. The Balaban J connectivity index is 1.70. The quantitative estimate of drug-likeness (QED) is 0.642. The minimum absolute atomic E-state index is 0.150. The van der Waals surface area contributed by atoms with Gasteiger partial charge in [-0.1, -0.05) is 6.08 Å². The Labute approximate surface area is 120 Å². The number of carbonyl (C=O) groups excluding carboxylic acids is 1. The summed E-state index contributed by atoms with van der Waals surface area (Å²) in [5.41, 5.74) is 1.71. The van der Waals surface area contributed by atoms with Crippen LogP contribution in [0.25, 0.3) is 4.91 Å². The molecule has 0 aromatic carbocycles.